The summed E-state index contributed by atoms with van der Waals surface area (Å²) in [5, 5.41) is 15.1. The minimum absolute atomic E-state index is 0.138. The van der Waals surface area contributed by atoms with Crippen LogP contribution in [0.3, 0.4) is 0 Å². The van der Waals surface area contributed by atoms with Crippen molar-refractivity contribution in [3.05, 3.63) is 0 Å². The molecule has 0 aromatic rings. The first-order valence-corrected chi connectivity index (χ1v) is 10.3. The monoisotopic (exact) mass is 366 g/mol. The van der Waals surface area contributed by atoms with Crippen LogP contribution < -0.4 is 10.6 Å². The Morgan fingerprint density at radius 3 is 2.27 bits per heavy atom. The largest absolute Gasteiger partial charge is 0.480 e. The van der Waals surface area contributed by atoms with E-state index < -0.39 is 12.0 Å². The Hall–Kier alpha value is -1.59. The number of carbonyl (C=O) groups is 3. The van der Waals surface area contributed by atoms with Gasteiger partial charge in [0.05, 0.1) is 0 Å². The van der Waals surface area contributed by atoms with Gasteiger partial charge in [-0.15, -0.1) is 0 Å². The Balaban J connectivity index is 1.70. The molecule has 0 aromatic heterocycles. The molecule has 6 heteroatoms. The summed E-state index contributed by atoms with van der Waals surface area (Å²) in [5.74, 6) is -0.547. The van der Waals surface area contributed by atoms with E-state index in [-0.39, 0.29) is 23.8 Å². The minimum atomic E-state index is -0.959. The van der Waals surface area contributed by atoms with E-state index in [1.165, 1.54) is 25.7 Å². The average molecular weight is 367 g/mol. The van der Waals surface area contributed by atoms with E-state index in [1.54, 1.807) is 0 Å². The van der Waals surface area contributed by atoms with Crippen LogP contribution in [0.2, 0.25) is 0 Å². The molecule has 2 aliphatic rings. The zero-order valence-corrected chi connectivity index (χ0v) is 16.0. The van der Waals surface area contributed by atoms with Gasteiger partial charge in [0, 0.05) is 18.4 Å². The van der Waals surface area contributed by atoms with Crippen molar-refractivity contribution in [1.29, 1.82) is 0 Å². The van der Waals surface area contributed by atoms with Gasteiger partial charge in [-0.1, -0.05) is 32.6 Å². The number of hydrogen-bond donors (Lipinski definition) is 3. The van der Waals surface area contributed by atoms with E-state index in [2.05, 4.69) is 10.6 Å². The molecule has 2 saturated carbocycles. The SMILES string of the molecule is CCCC[C@H](NC(=O)C1CCC(NC(=O)CC2CCCC2)CC1)C(=O)O. The minimum Gasteiger partial charge on any atom is -0.480 e. The number of amides is 2. The smallest absolute Gasteiger partial charge is 0.326 e. The molecule has 0 heterocycles. The van der Waals surface area contributed by atoms with Crippen molar-refractivity contribution < 1.29 is 19.5 Å². The first-order valence-electron chi connectivity index (χ1n) is 10.3. The second kappa shape index (κ2) is 10.5. The van der Waals surface area contributed by atoms with Gasteiger partial charge in [-0.25, -0.2) is 4.79 Å². The highest BCUT2D eigenvalue weighted by atomic mass is 16.4. The van der Waals surface area contributed by atoms with Crippen LogP contribution >= 0.6 is 0 Å². The first kappa shape index (κ1) is 20.7. The van der Waals surface area contributed by atoms with Gasteiger partial charge in [0.25, 0.3) is 0 Å². The molecule has 3 N–H and O–H groups in total. The van der Waals surface area contributed by atoms with E-state index in [4.69, 9.17) is 0 Å². The van der Waals surface area contributed by atoms with Crippen molar-refractivity contribution in [1.82, 2.24) is 10.6 Å². The summed E-state index contributed by atoms with van der Waals surface area (Å²) in [6.07, 6.45) is 10.6. The van der Waals surface area contributed by atoms with Gasteiger partial charge in [0.2, 0.25) is 11.8 Å². The van der Waals surface area contributed by atoms with E-state index in [9.17, 15) is 19.5 Å². The molecule has 26 heavy (non-hydrogen) atoms. The third kappa shape index (κ3) is 6.61. The number of hydrogen-bond acceptors (Lipinski definition) is 3. The Bertz CT molecular complexity index is 480. The Morgan fingerprint density at radius 1 is 1.04 bits per heavy atom. The Kier molecular flexibility index (Phi) is 8.39. The highest BCUT2D eigenvalue weighted by Crippen LogP contribution is 2.28. The van der Waals surface area contributed by atoms with Crippen molar-refractivity contribution in [2.24, 2.45) is 11.8 Å². The molecule has 2 amide bonds. The molecule has 6 nitrogen and oxygen atoms in total. The van der Waals surface area contributed by atoms with Crippen molar-refractivity contribution in [2.75, 3.05) is 0 Å². The third-order valence-corrected chi connectivity index (χ3v) is 5.87. The zero-order chi connectivity index (χ0) is 18.9. The molecule has 2 rings (SSSR count). The van der Waals surface area contributed by atoms with Gasteiger partial charge in [-0.2, -0.15) is 0 Å². The number of rotatable bonds is 9. The number of aliphatic carboxylic acids is 1. The van der Waals surface area contributed by atoms with E-state index in [1.807, 2.05) is 6.92 Å². The maximum Gasteiger partial charge on any atom is 0.326 e. The summed E-state index contributed by atoms with van der Waals surface area (Å²) in [7, 11) is 0. The molecule has 0 spiro atoms. The van der Waals surface area contributed by atoms with Gasteiger partial charge < -0.3 is 15.7 Å². The number of unbranched alkanes of at least 4 members (excludes halogenated alkanes) is 1. The van der Waals surface area contributed by atoms with Crippen LogP contribution in [0.15, 0.2) is 0 Å². The summed E-state index contributed by atoms with van der Waals surface area (Å²) >= 11 is 0. The standard InChI is InChI=1S/C20H34N2O4/c1-2-3-8-17(20(25)26)22-19(24)15-9-11-16(12-10-15)21-18(23)13-14-6-4-5-7-14/h14-17H,2-13H2,1H3,(H,21,23)(H,22,24)(H,25,26)/t15?,16?,17-/m0/s1. The second-order valence-electron chi connectivity index (χ2n) is 8.01. The van der Waals surface area contributed by atoms with Gasteiger partial charge >= 0.3 is 5.97 Å². The molecule has 0 aliphatic heterocycles. The van der Waals surface area contributed by atoms with Gasteiger partial charge in [-0.3, -0.25) is 9.59 Å². The summed E-state index contributed by atoms with van der Waals surface area (Å²) < 4.78 is 0. The van der Waals surface area contributed by atoms with Crippen LogP contribution in [0.4, 0.5) is 0 Å². The highest BCUT2D eigenvalue weighted by Gasteiger charge is 2.30. The lowest BCUT2D eigenvalue weighted by Crippen LogP contribution is -2.46. The molecule has 0 aromatic carbocycles. The lowest BCUT2D eigenvalue weighted by atomic mass is 9.85. The van der Waals surface area contributed by atoms with E-state index >= 15 is 0 Å². The molecule has 0 bridgehead atoms. The average Bonchev–Trinajstić information content (AvgIpc) is 3.11. The van der Waals surface area contributed by atoms with Crippen molar-refractivity contribution in [3.8, 4) is 0 Å². The molecule has 2 aliphatic carbocycles. The van der Waals surface area contributed by atoms with Crippen LogP contribution in [0.25, 0.3) is 0 Å². The fourth-order valence-corrected chi connectivity index (χ4v) is 4.22. The molecule has 2 fully saturated rings. The van der Waals surface area contributed by atoms with E-state index in [0.29, 0.717) is 31.6 Å². The van der Waals surface area contributed by atoms with Crippen molar-refractivity contribution in [2.45, 2.75) is 96.1 Å². The second-order valence-corrected chi connectivity index (χ2v) is 8.01. The molecule has 148 valence electrons. The first-order chi connectivity index (χ1) is 12.5. The lowest BCUT2D eigenvalue weighted by Gasteiger charge is -2.29. The highest BCUT2D eigenvalue weighted by molar-refractivity contribution is 5.85. The van der Waals surface area contributed by atoms with Crippen LogP contribution in [0.5, 0.6) is 0 Å². The molecular formula is C20H34N2O4. The number of carbonyl (C=O) groups excluding carboxylic acids is 2. The van der Waals surface area contributed by atoms with E-state index in [0.717, 1.165) is 25.7 Å². The zero-order valence-electron chi connectivity index (χ0n) is 16.0. The fraction of sp³-hybridized carbons (Fsp3) is 0.850. The summed E-state index contributed by atoms with van der Waals surface area (Å²) in [4.78, 5) is 35.8. The van der Waals surface area contributed by atoms with Gasteiger partial charge in [0.15, 0.2) is 0 Å². The quantitative estimate of drug-likeness (QED) is 0.584. The molecule has 0 unspecified atom stereocenters. The summed E-state index contributed by atoms with van der Waals surface area (Å²) in [5.41, 5.74) is 0. The van der Waals surface area contributed by atoms with Crippen LogP contribution in [-0.2, 0) is 14.4 Å². The molecule has 1 atom stereocenters. The Labute approximate surface area is 156 Å². The maximum atomic E-state index is 12.4. The van der Waals surface area contributed by atoms with Crippen LogP contribution in [0, 0.1) is 11.8 Å². The van der Waals surface area contributed by atoms with Crippen molar-refractivity contribution >= 4 is 17.8 Å². The normalized spacial score (nSPS) is 24.8. The maximum absolute atomic E-state index is 12.4. The number of carboxylic acid groups (broad SMARTS) is 1. The summed E-state index contributed by atoms with van der Waals surface area (Å²) in [6, 6.07) is -0.630. The topological polar surface area (TPSA) is 95.5 Å². The lowest BCUT2D eigenvalue weighted by molar-refractivity contribution is -0.143. The van der Waals surface area contributed by atoms with Gasteiger partial charge in [-0.05, 0) is 50.9 Å². The van der Waals surface area contributed by atoms with Gasteiger partial charge in [0.1, 0.15) is 6.04 Å². The Morgan fingerprint density at radius 2 is 1.69 bits per heavy atom. The number of nitrogens with one attached hydrogen (secondary N) is 2. The molecule has 0 radical (unpaired) electrons. The van der Waals surface area contributed by atoms with Crippen LogP contribution in [-0.4, -0.2) is 35.0 Å². The summed E-state index contributed by atoms with van der Waals surface area (Å²) in [6.45, 7) is 2.00. The number of carboxylic acids is 1. The molecule has 0 saturated heterocycles. The molecular weight excluding hydrogens is 332 g/mol. The fourth-order valence-electron chi connectivity index (χ4n) is 4.22. The predicted octanol–water partition coefficient (Wildman–Crippen LogP) is 3.00. The van der Waals surface area contributed by atoms with Crippen LogP contribution in [0.1, 0.15) is 84.0 Å². The third-order valence-electron chi connectivity index (χ3n) is 5.87. The van der Waals surface area contributed by atoms with Crippen molar-refractivity contribution in [3.63, 3.8) is 0 Å². The predicted molar refractivity (Wildman–Crippen MR) is 99.6 cm³/mol.